The summed E-state index contributed by atoms with van der Waals surface area (Å²) in [5, 5.41) is 3.05. The van der Waals surface area contributed by atoms with Crippen molar-refractivity contribution in [1.82, 2.24) is 9.88 Å². The van der Waals surface area contributed by atoms with Crippen molar-refractivity contribution in [2.24, 2.45) is 0 Å². The molecule has 37 heavy (non-hydrogen) atoms. The molecule has 9 nitrogen and oxygen atoms in total. The third-order valence-corrected chi connectivity index (χ3v) is 7.09. The van der Waals surface area contributed by atoms with Gasteiger partial charge in [-0.15, -0.1) is 0 Å². The number of rotatable bonds is 6. The maximum atomic E-state index is 13.0. The fourth-order valence-electron chi connectivity index (χ4n) is 3.54. The maximum absolute atomic E-state index is 13.0. The number of sulfone groups is 1. The Kier molecular flexibility index (Phi) is 6.93. The Bertz CT molecular complexity index is 1500. The van der Waals surface area contributed by atoms with Gasteiger partial charge in [0.1, 0.15) is 6.54 Å². The Labute approximate surface area is 213 Å². The summed E-state index contributed by atoms with van der Waals surface area (Å²) < 4.78 is 61.5. The number of nitrogens with one attached hydrogen (secondary N) is 1. The zero-order valence-corrected chi connectivity index (χ0v) is 20.1. The molecule has 4 rings (SSSR count). The normalized spacial score (nSPS) is 14.3. The Morgan fingerprint density at radius 1 is 1.08 bits per heavy atom. The van der Waals surface area contributed by atoms with E-state index in [1.165, 1.54) is 18.5 Å². The second-order valence-corrected chi connectivity index (χ2v) is 10.2. The smallest absolute Gasteiger partial charge is 0.320 e. The van der Waals surface area contributed by atoms with Gasteiger partial charge >= 0.3 is 11.5 Å². The Hall–Kier alpha value is -3.97. The van der Waals surface area contributed by atoms with Gasteiger partial charge in [0, 0.05) is 16.8 Å². The molecule has 192 valence electrons. The molecule has 1 aliphatic heterocycles. The minimum Gasteiger partial charge on any atom is -0.320 e. The number of carbonyl (C=O) groups excluding carboxylic acids is 3. The van der Waals surface area contributed by atoms with Crippen molar-refractivity contribution in [3.05, 3.63) is 83.1 Å². The molecule has 1 N–H and O–H groups in total. The molecule has 14 heteroatoms. The van der Waals surface area contributed by atoms with Gasteiger partial charge in [-0.25, -0.2) is 18.1 Å². The van der Waals surface area contributed by atoms with Crippen molar-refractivity contribution in [3.8, 4) is 0 Å². The Morgan fingerprint density at radius 3 is 2.43 bits per heavy atom. The predicted octanol–water partition coefficient (Wildman–Crippen LogP) is 4.25. The highest BCUT2D eigenvalue weighted by atomic mass is 35.5. The van der Waals surface area contributed by atoms with Crippen LogP contribution in [-0.4, -0.2) is 48.2 Å². The fraction of sp³-hybridized carbons (Fsp3) is 0.130. The molecule has 1 fully saturated rings. The van der Waals surface area contributed by atoms with Crippen LogP contribution in [0.2, 0.25) is 5.02 Å². The van der Waals surface area contributed by atoms with E-state index in [2.05, 4.69) is 10.3 Å². The highest BCUT2D eigenvalue weighted by Gasteiger charge is 2.47. The molecule has 4 amide bonds. The highest BCUT2D eigenvalue weighted by molar-refractivity contribution is 7.92. The number of alkyl halides is 3. The minimum absolute atomic E-state index is 0.0946. The summed E-state index contributed by atoms with van der Waals surface area (Å²) >= 11 is 5.93. The number of halogens is 4. The number of carbonyl (C=O) groups is 3. The molecule has 0 unspecified atom stereocenters. The number of amides is 4. The Morgan fingerprint density at radius 2 is 1.78 bits per heavy atom. The largest absolute Gasteiger partial charge is 0.501 e. The number of pyridine rings is 1. The van der Waals surface area contributed by atoms with Crippen LogP contribution in [0, 0.1) is 0 Å². The lowest BCUT2D eigenvalue weighted by Crippen LogP contribution is -2.33. The lowest BCUT2D eigenvalue weighted by molar-refractivity contribution is -0.116. The van der Waals surface area contributed by atoms with Crippen LogP contribution in [0.3, 0.4) is 0 Å². The summed E-state index contributed by atoms with van der Waals surface area (Å²) in [5.74, 6) is -1.15. The van der Waals surface area contributed by atoms with E-state index in [-0.39, 0.29) is 30.0 Å². The van der Waals surface area contributed by atoms with Crippen molar-refractivity contribution < 1.29 is 36.0 Å². The lowest BCUT2D eigenvalue weighted by Gasteiger charge is -2.19. The maximum Gasteiger partial charge on any atom is 0.501 e. The molecule has 0 radical (unpaired) electrons. The minimum atomic E-state index is -5.58. The summed E-state index contributed by atoms with van der Waals surface area (Å²) in [7, 11) is -5.58. The van der Waals surface area contributed by atoms with Crippen LogP contribution in [-0.2, 0) is 21.2 Å². The standard InChI is InChI=1S/C23H16ClF3N4O5S/c24-16-3-1-2-14(10-16)21(33)29-19-11-28-9-8-15(19)12-30-13-20(32)31(22(30)34)17-4-6-18(7-5-17)37(35,36)23(25,26)27/h1-11H,12-13H2,(H,29,33). The fourth-order valence-corrected chi connectivity index (χ4v) is 4.49. The molecule has 2 heterocycles. The quantitative estimate of drug-likeness (QED) is 0.457. The van der Waals surface area contributed by atoms with Crippen molar-refractivity contribution >= 4 is 50.7 Å². The zero-order valence-electron chi connectivity index (χ0n) is 18.6. The number of aromatic nitrogens is 1. The van der Waals surface area contributed by atoms with E-state index in [1.807, 2.05) is 0 Å². The number of nitrogens with zero attached hydrogens (tertiary/aromatic N) is 3. The van der Waals surface area contributed by atoms with Crippen LogP contribution >= 0.6 is 11.6 Å². The first-order valence-corrected chi connectivity index (χ1v) is 12.3. The summed E-state index contributed by atoms with van der Waals surface area (Å²) in [4.78, 5) is 43.0. The molecule has 0 aliphatic carbocycles. The van der Waals surface area contributed by atoms with Crippen molar-refractivity contribution in [1.29, 1.82) is 0 Å². The third kappa shape index (κ3) is 5.27. The summed E-state index contributed by atoms with van der Waals surface area (Å²) in [6.07, 6.45) is 2.81. The van der Waals surface area contributed by atoms with Crippen molar-refractivity contribution in [2.45, 2.75) is 16.9 Å². The van der Waals surface area contributed by atoms with E-state index in [0.29, 0.717) is 22.7 Å². The monoisotopic (exact) mass is 552 g/mol. The average Bonchev–Trinajstić information content (AvgIpc) is 3.12. The molecule has 2 aromatic carbocycles. The van der Waals surface area contributed by atoms with Crippen LogP contribution < -0.4 is 10.2 Å². The van der Waals surface area contributed by atoms with Crippen LogP contribution in [0.5, 0.6) is 0 Å². The first-order chi connectivity index (χ1) is 17.4. The van der Waals surface area contributed by atoms with Gasteiger partial charge in [0.2, 0.25) is 0 Å². The molecule has 1 saturated heterocycles. The van der Waals surface area contributed by atoms with Gasteiger partial charge in [0.05, 0.1) is 29.0 Å². The van der Waals surface area contributed by atoms with E-state index in [0.717, 1.165) is 21.9 Å². The van der Waals surface area contributed by atoms with Gasteiger partial charge in [-0.1, -0.05) is 17.7 Å². The van der Waals surface area contributed by atoms with Crippen LogP contribution in [0.25, 0.3) is 0 Å². The SMILES string of the molecule is O=C(Nc1cnccc1CN1CC(=O)N(c2ccc(S(=O)(=O)C(F)(F)F)cc2)C1=O)c1cccc(Cl)c1. The topological polar surface area (TPSA) is 117 Å². The molecule has 0 bridgehead atoms. The number of hydrogen-bond acceptors (Lipinski definition) is 6. The molecular weight excluding hydrogens is 537 g/mol. The van der Waals surface area contributed by atoms with Gasteiger partial charge in [-0.2, -0.15) is 13.2 Å². The summed E-state index contributed by atoms with van der Waals surface area (Å²) in [5.41, 5.74) is -4.55. The predicted molar refractivity (Wildman–Crippen MR) is 127 cm³/mol. The van der Waals surface area contributed by atoms with E-state index >= 15 is 0 Å². The van der Waals surface area contributed by atoms with Crippen LogP contribution in [0.4, 0.5) is 29.3 Å². The number of hydrogen-bond donors (Lipinski definition) is 1. The second kappa shape index (κ2) is 9.82. The number of benzene rings is 2. The van der Waals surface area contributed by atoms with Gasteiger partial charge in [0.15, 0.2) is 0 Å². The second-order valence-electron chi connectivity index (χ2n) is 7.81. The van der Waals surface area contributed by atoms with E-state index < -0.39 is 38.1 Å². The number of anilines is 2. The van der Waals surface area contributed by atoms with Crippen molar-refractivity contribution in [3.63, 3.8) is 0 Å². The van der Waals surface area contributed by atoms with E-state index in [1.54, 1.807) is 24.3 Å². The van der Waals surface area contributed by atoms with Gasteiger partial charge in [0.25, 0.3) is 21.7 Å². The lowest BCUT2D eigenvalue weighted by atomic mass is 10.1. The molecule has 1 aliphatic rings. The van der Waals surface area contributed by atoms with Gasteiger partial charge in [-0.05, 0) is 54.1 Å². The molecule has 3 aromatic rings. The van der Waals surface area contributed by atoms with Crippen LogP contribution in [0.15, 0.2) is 71.9 Å². The van der Waals surface area contributed by atoms with Gasteiger partial charge < -0.3 is 10.2 Å². The Balaban J connectivity index is 1.52. The molecular formula is C23H16ClF3N4O5S. The third-order valence-electron chi connectivity index (χ3n) is 5.35. The summed E-state index contributed by atoms with van der Waals surface area (Å²) in [6.45, 7) is -0.458. The molecule has 0 spiro atoms. The molecule has 0 atom stereocenters. The first kappa shape index (κ1) is 26.1. The highest BCUT2D eigenvalue weighted by Crippen LogP contribution is 2.32. The molecule has 1 aromatic heterocycles. The van der Waals surface area contributed by atoms with Gasteiger partial charge in [-0.3, -0.25) is 14.6 Å². The van der Waals surface area contributed by atoms with Crippen molar-refractivity contribution in [2.75, 3.05) is 16.8 Å². The summed E-state index contributed by atoms with van der Waals surface area (Å²) in [6, 6.07) is 10.3. The number of imide groups is 1. The van der Waals surface area contributed by atoms with Crippen LogP contribution in [0.1, 0.15) is 15.9 Å². The van der Waals surface area contributed by atoms with E-state index in [9.17, 15) is 36.0 Å². The van der Waals surface area contributed by atoms with E-state index in [4.69, 9.17) is 11.6 Å². The molecule has 0 saturated carbocycles. The zero-order chi connectivity index (χ0) is 27.0. The average molecular weight is 553 g/mol. The number of urea groups is 1. The first-order valence-electron chi connectivity index (χ1n) is 10.4.